The number of pyridine rings is 1. The summed E-state index contributed by atoms with van der Waals surface area (Å²) in [6.45, 7) is 3.83. The summed E-state index contributed by atoms with van der Waals surface area (Å²) < 4.78 is 1.71. The summed E-state index contributed by atoms with van der Waals surface area (Å²) in [5, 5.41) is 4.26. The zero-order valence-electron chi connectivity index (χ0n) is 8.64. The number of carbonyl (C=O) groups excluding carboxylic acids is 1. The van der Waals surface area contributed by atoms with E-state index in [0.29, 0.717) is 5.56 Å². The molecule has 0 saturated carbocycles. The molecule has 0 spiro atoms. The van der Waals surface area contributed by atoms with Crippen LogP contribution in [0.25, 0.3) is 5.82 Å². The van der Waals surface area contributed by atoms with E-state index in [9.17, 15) is 4.79 Å². The summed E-state index contributed by atoms with van der Waals surface area (Å²) in [5.41, 5.74) is 2.46. The predicted octanol–water partition coefficient (Wildman–Crippen LogP) is 1.70. The number of nitrogens with zero attached hydrogens (tertiary/aromatic N) is 3. The van der Waals surface area contributed by atoms with Crippen molar-refractivity contribution in [3.8, 4) is 5.82 Å². The highest BCUT2D eigenvalue weighted by Gasteiger charge is 2.04. The summed E-state index contributed by atoms with van der Waals surface area (Å²) in [6.07, 6.45) is 4.19. The lowest BCUT2D eigenvalue weighted by Gasteiger charge is -2.04. The second kappa shape index (κ2) is 3.65. The second-order valence-corrected chi connectivity index (χ2v) is 3.43. The molecule has 0 amide bonds. The van der Waals surface area contributed by atoms with E-state index in [0.717, 1.165) is 23.4 Å². The third kappa shape index (κ3) is 1.79. The minimum absolute atomic E-state index is 0.583. The molecule has 2 heterocycles. The van der Waals surface area contributed by atoms with Gasteiger partial charge in [0.1, 0.15) is 0 Å². The fourth-order valence-electron chi connectivity index (χ4n) is 1.43. The Balaban J connectivity index is 2.49. The summed E-state index contributed by atoms with van der Waals surface area (Å²) in [7, 11) is 0. The molecule has 2 aromatic heterocycles. The smallest absolute Gasteiger partial charge is 0.156 e. The maximum atomic E-state index is 10.5. The number of hydrogen-bond donors (Lipinski definition) is 0. The Bertz CT molecular complexity index is 502. The molecule has 0 unspecified atom stereocenters. The summed E-state index contributed by atoms with van der Waals surface area (Å²) in [5.74, 6) is 0.758. The van der Waals surface area contributed by atoms with E-state index in [1.54, 1.807) is 16.9 Å². The van der Waals surface area contributed by atoms with Gasteiger partial charge in [0.2, 0.25) is 0 Å². The Morgan fingerprint density at radius 3 is 2.73 bits per heavy atom. The van der Waals surface area contributed by atoms with E-state index in [-0.39, 0.29) is 0 Å². The van der Waals surface area contributed by atoms with E-state index < -0.39 is 0 Å². The molecule has 15 heavy (non-hydrogen) atoms. The normalized spacial score (nSPS) is 10.3. The summed E-state index contributed by atoms with van der Waals surface area (Å²) in [6, 6.07) is 3.71. The van der Waals surface area contributed by atoms with Gasteiger partial charge in [-0.25, -0.2) is 9.67 Å². The third-order valence-electron chi connectivity index (χ3n) is 2.15. The van der Waals surface area contributed by atoms with Gasteiger partial charge >= 0.3 is 0 Å². The lowest BCUT2D eigenvalue weighted by molar-refractivity contribution is 0.112. The zero-order valence-corrected chi connectivity index (χ0v) is 8.64. The minimum Gasteiger partial charge on any atom is -0.298 e. The highest BCUT2D eigenvalue weighted by atomic mass is 16.1. The Morgan fingerprint density at radius 2 is 2.20 bits per heavy atom. The van der Waals surface area contributed by atoms with Crippen molar-refractivity contribution < 1.29 is 4.79 Å². The topological polar surface area (TPSA) is 47.8 Å². The quantitative estimate of drug-likeness (QED) is 0.695. The van der Waals surface area contributed by atoms with Crippen LogP contribution in [0.5, 0.6) is 0 Å². The predicted molar refractivity (Wildman–Crippen MR) is 56.2 cm³/mol. The lowest BCUT2D eigenvalue weighted by Crippen LogP contribution is -2.02. The van der Waals surface area contributed by atoms with Crippen LogP contribution in [-0.4, -0.2) is 21.1 Å². The fraction of sp³-hybridized carbons (Fsp3) is 0.182. The first-order valence-corrected chi connectivity index (χ1v) is 4.65. The highest BCUT2D eigenvalue weighted by molar-refractivity contribution is 5.74. The average Bonchev–Trinajstić information content (AvgIpc) is 2.64. The monoisotopic (exact) mass is 201 g/mol. The summed E-state index contributed by atoms with van der Waals surface area (Å²) >= 11 is 0. The van der Waals surface area contributed by atoms with Gasteiger partial charge in [0.15, 0.2) is 12.1 Å². The number of carbonyl (C=O) groups is 1. The standard InChI is InChI=1S/C11H11N3O/c1-8-5-10(7-15)6-12-11(8)14-4-3-9(2)13-14/h3-7H,1-2H3. The van der Waals surface area contributed by atoms with Crippen LogP contribution in [0.1, 0.15) is 21.6 Å². The van der Waals surface area contributed by atoms with E-state index >= 15 is 0 Å². The van der Waals surface area contributed by atoms with Gasteiger partial charge in [-0.1, -0.05) is 0 Å². The molecule has 0 aliphatic carbocycles. The van der Waals surface area contributed by atoms with Crippen molar-refractivity contribution in [1.82, 2.24) is 14.8 Å². The van der Waals surface area contributed by atoms with Crippen LogP contribution in [0.2, 0.25) is 0 Å². The van der Waals surface area contributed by atoms with E-state index in [2.05, 4.69) is 10.1 Å². The first-order chi connectivity index (χ1) is 7.20. The fourth-order valence-corrected chi connectivity index (χ4v) is 1.43. The van der Waals surface area contributed by atoms with Crippen molar-refractivity contribution in [1.29, 1.82) is 0 Å². The molecule has 2 aromatic rings. The Labute approximate surface area is 87.6 Å². The molecule has 0 N–H and O–H groups in total. The van der Waals surface area contributed by atoms with Crippen LogP contribution in [0.15, 0.2) is 24.5 Å². The molecule has 4 heteroatoms. The van der Waals surface area contributed by atoms with Gasteiger partial charge in [-0.15, -0.1) is 0 Å². The largest absolute Gasteiger partial charge is 0.298 e. The molecule has 76 valence electrons. The molecule has 0 bridgehead atoms. The zero-order chi connectivity index (χ0) is 10.8. The van der Waals surface area contributed by atoms with Crippen molar-refractivity contribution in [3.63, 3.8) is 0 Å². The first-order valence-electron chi connectivity index (χ1n) is 4.65. The van der Waals surface area contributed by atoms with Crippen molar-refractivity contribution in [3.05, 3.63) is 41.3 Å². The molecule has 0 saturated heterocycles. The maximum Gasteiger partial charge on any atom is 0.156 e. The van der Waals surface area contributed by atoms with Gasteiger partial charge in [-0.05, 0) is 31.5 Å². The molecule has 0 radical (unpaired) electrons. The van der Waals surface area contributed by atoms with Gasteiger partial charge in [0.05, 0.1) is 5.69 Å². The van der Waals surface area contributed by atoms with E-state index in [1.807, 2.05) is 26.1 Å². The maximum absolute atomic E-state index is 10.5. The molecular weight excluding hydrogens is 190 g/mol. The number of rotatable bonds is 2. The van der Waals surface area contributed by atoms with Gasteiger partial charge in [0, 0.05) is 18.0 Å². The van der Waals surface area contributed by atoms with Crippen LogP contribution in [0, 0.1) is 13.8 Å². The van der Waals surface area contributed by atoms with Crippen molar-refractivity contribution in [2.24, 2.45) is 0 Å². The SMILES string of the molecule is Cc1ccn(-c2ncc(C=O)cc2C)n1. The van der Waals surface area contributed by atoms with Crippen LogP contribution in [-0.2, 0) is 0 Å². The third-order valence-corrected chi connectivity index (χ3v) is 2.15. The van der Waals surface area contributed by atoms with Gasteiger partial charge < -0.3 is 0 Å². The van der Waals surface area contributed by atoms with Crippen molar-refractivity contribution >= 4 is 6.29 Å². The van der Waals surface area contributed by atoms with Crippen LogP contribution in [0.4, 0.5) is 0 Å². The molecule has 0 aromatic carbocycles. The van der Waals surface area contributed by atoms with E-state index in [4.69, 9.17) is 0 Å². The van der Waals surface area contributed by atoms with Crippen LogP contribution < -0.4 is 0 Å². The summed E-state index contributed by atoms with van der Waals surface area (Å²) in [4.78, 5) is 14.8. The van der Waals surface area contributed by atoms with Gasteiger partial charge in [0.25, 0.3) is 0 Å². The van der Waals surface area contributed by atoms with E-state index in [1.165, 1.54) is 0 Å². The Kier molecular flexibility index (Phi) is 2.33. The molecule has 0 aliphatic rings. The van der Waals surface area contributed by atoms with Crippen LogP contribution in [0.3, 0.4) is 0 Å². The van der Waals surface area contributed by atoms with Gasteiger partial charge in [-0.3, -0.25) is 4.79 Å². The van der Waals surface area contributed by atoms with Gasteiger partial charge in [-0.2, -0.15) is 5.10 Å². The molecule has 0 aliphatic heterocycles. The first kappa shape index (κ1) is 9.58. The van der Waals surface area contributed by atoms with Crippen molar-refractivity contribution in [2.75, 3.05) is 0 Å². The Morgan fingerprint density at radius 1 is 1.40 bits per heavy atom. The molecule has 4 nitrogen and oxygen atoms in total. The molecule has 0 atom stereocenters. The van der Waals surface area contributed by atoms with Crippen molar-refractivity contribution in [2.45, 2.75) is 13.8 Å². The lowest BCUT2D eigenvalue weighted by atomic mass is 10.2. The molecule has 2 rings (SSSR count). The molecule has 0 fully saturated rings. The number of aryl methyl sites for hydroxylation is 2. The Hall–Kier alpha value is -1.97. The second-order valence-electron chi connectivity index (χ2n) is 3.43. The molecular formula is C11H11N3O. The minimum atomic E-state index is 0.583. The van der Waals surface area contributed by atoms with Crippen LogP contribution >= 0.6 is 0 Å². The highest BCUT2D eigenvalue weighted by Crippen LogP contribution is 2.11. The number of aromatic nitrogens is 3. The number of aldehydes is 1. The number of hydrogen-bond acceptors (Lipinski definition) is 3. The average molecular weight is 201 g/mol.